The Morgan fingerprint density at radius 1 is 1.05 bits per heavy atom. The maximum Gasteiger partial charge on any atom is 0.271 e. The lowest BCUT2D eigenvalue weighted by atomic mass is 10.00. The number of phenols is 1. The third-order valence-corrected chi connectivity index (χ3v) is 7.68. The smallest absolute Gasteiger partial charge is 0.271 e. The average molecular weight is 546 g/mol. The molecule has 4 nitrogen and oxygen atoms in total. The first-order chi connectivity index (χ1) is 18.2. The van der Waals surface area contributed by atoms with Gasteiger partial charge < -0.3 is 14.6 Å². The number of fused-ring (bicyclic) bond motifs is 1. The Labute approximate surface area is 222 Å². The lowest BCUT2D eigenvalue weighted by Crippen LogP contribution is -2.26. The lowest BCUT2D eigenvalue weighted by molar-refractivity contribution is 0.0178. The predicted molar refractivity (Wildman–Crippen MR) is 141 cm³/mol. The molecule has 1 aliphatic rings. The highest BCUT2D eigenvalue weighted by Gasteiger charge is 2.31. The second kappa shape index (κ2) is 10.8. The van der Waals surface area contributed by atoms with Crippen LogP contribution < -0.4 is 9.47 Å². The summed E-state index contributed by atoms with van der Waals surface area (Å²) in [5.41, 5.74) is -0.285. The van der Waals surface area contributed by atoms with Crippen molar-refractivity contribution in [3.05, 3.63) is 72.0 Å². The fraction of sp³-hybridized carbons (Fsp3) is 0.310. The minimum absolute atomic E-state index is 0.0223. The highest BCUT2D eigenvalue weighted by Crippen LogP contribution is 2.50. The first-order valence-corrected chi connectivity index (χ1v) is 13.2. The second-order valence-corrected chi connectivity index (χ2v) is 10.5. The number of thiophene rings is 1. The van der Waals surface area contributed by atoms with Crippen LogP contribution in [0, 0.1) is 5.82 Å². The van der Waals surface area contributed by atoms with Crippen molar-refractivity contribution in [3.8, 4) is 33.4 Å². The number of phenolic OH excluding ortho intramolecular Hbond substituents is 1. The molecule has 0 saturated carbocycles. The summed E-state index contributed by atoms with van der Waals surface area (Å²) in [6.07, 6.45) is 1.41. The third kappa shape index (κ3) is 5.73. The number of rotatable bonds is 9. The molecule has 1 aliphatic heterocycles. The number of likely N-dealkylation sites (tertiary alicyclic amines) is 1. The van der Waals surface area contributed by atoms with Gasteiger partial charge >= 0.3 is 0 Å². The molecule has 0 radical (unpaired) electrons. The molecular formula is C29H27F4NO3S. The molecule has 200 valence electrons. The zero-order valence-electron chi connectivity index (χ0n) is 20.7. The van der Waals surface area contributed by atoms with Gasteiger partial charge in [-0.1, -0.05) is 6.07 Å². The summed E-state index contributed by atoms with van der Waals surface area (Å²) in [5.74, 6) is -2.53. The van der Waals surface area contributed by atoms with Crippen molar-refractivity contribution in [3.63, 3.8) is 0 Å². The predicted octanol–water partition coefficient (Wildman–Crippen LogP) is 8.13. The Bertz CT molecular complexity index is 1420. The van der Waals surface area contributed by atoms with Gasteiger partial charge in [0.1, 0.15) is 29.2 Å². The van der Waals surface area contributed by atoms with E-state index in [0.717, 1.165) is 45.1 Å². The number of hydrogen-bond acceptors (Lipinski definition) is 5. The summed E-state index contributed by atoms with van der Waals surface area (Å²) in [5, 5.41) is 10.6. The molecule has 9 heteroatoms. The van der Waals surface area contributed by atoms with Gasteiger partial charge in [-0.25, -0.2) is 13.2 Å². The van der Waals surface area contributed by atoms with E-state index in [-0.39, 0.29) is 24.1 Å². The molecule has 0 aliphatic carbocycles. The molecule has 5 rings (SSSR count). The zero-order valence-corrected chi connectivity index (χ0v) is 21.5. The highest BCUT2D eigenvalue weighted by molar-refractivity contribution is 7.22. The number of nitrogens with zero attached hydrogens (tertiary/aromatic N) is 1. The summed E-state index contributed by atoms with van der Waals surface area (Å²) in [6, 6.07) is 15.1. The van der Waals surface area contributed by atoms with Gasteiger partial charge in [-0.05, 0) is 67.4 Å². The Morgan fingerprint density at radius 2 is 1.82 bits per heavy atom. The van der Waals surface area contributed by atoms with E-state index in [1.165, 1.54) is 23.5 Å². The van der Waals surface area contributed by atoms with Gasteiger partial charge in [-0.3, -0.25) is 9.29 Å². The quantitative estimate of drug-likeness (QED) is 0.216. The minimum atomic E-state index is -3.28. The van der Waals surface area contributed by atoms with E-state index in [9.17, 15) is 22.7 Å². The molecule has 1 fully saturated rings. The summed E-state index contributed by atoms with van der Waals surface area (Å²) >= 11 is 1.18. The van der Waals surface area contributed by atoms with Gasteiger partial charge in [0.2, 0.25) is 0 Å². The molecular weight excluding hydrogens is 518 g/mol. The van der Waals surface area contributed by atoms with Crippen LogP contribution in [-0.4, -0.2) is 42.4 Å². The summed E-state index contributed by atoms with van der Waals surface area (Å²) < 4.78 is 68.3. The van der Waals surface area contributed by atoms with E-state index in [1.807, 2.05) is 0 Å². The van der Waals surface area contributed by atoms with Crippen LogP contribution in [0.1, 0.15) is 25.3 Å². The Kier molecular flexibility index (Phi) is 7.49. The van der Waals surface area contributed by atoms with E-state index in [0.29, 0.717) is 38.6 Å². The van der Waals surface area contributed by atoms with Crippen LogP contribution >= 0.6 is 11.3 Å². The Balaban J connectivity index is 1.43. The summed E-state index contributed by atoms with van der Waals surface area (Å²) in [6.45, 7) is 2.75. The maximum absolute atomic E-state index is 14.5. The molecule has 3 aromatic carbocycles. The number of halogens is 4. The fourth-order valence-electron chi connectivity index (χ4n) is 4.69. The fourth-order valence-corrected chi connectivity index (χ4v) is 5.90. The van der Waals surface area contributed by atoms with Crippen LogP contribution in [0.5, 0.6) is 23.0 Å². The largest absolute Gasteiger partial charge is 0.508 e. The monoisotopic (exact) mass is 545 g/mol. The van der Waals surface area contributed by atoms with Crippen molar-refractivity contribution in [1.82, 2.24) is 4.90 Å². The molecule has 0 bridgehead atoms. The average Bonchev–Trinajstić information content (AvgIpc) is 3.47. The molecule has 1 saturated heterocycles. The molecule has 0 unspecified atom stereocenters. The van der Waals surface area contributed by atoms with Crippen LogP contribution in [0.4, 0.5) is 17.6 Å². The van der Waals surface area contributed by atoms with Crippen molar-refractivity contribution in [2.45, 2.75) is 31.8 Å². The van der Waals surface area contributed by atoms with E-state index in [1.54, 1.807) is 36.4 Å². The first-order valence-electron chi connectivity index (χ1n) is 12.4. The molecule has 2 heterocycles. The third-order valence-electron chi connectivity index (χ3n) is 6.51. The van der Waals surface area contributed by atoms with Gasteiger partial charge in [-0.15, -0.1) is 11.3 Å². The molecule has 1 aromatic heterocycles. The molecule has 0 spiro atoms. The number of hydrogen-bond donors (Lipinski definition) is 1. The van der Waals surface area contributed by atoms with Crippen LogP contribution in [0.2, 0.25) is 0 Å². The maximum atomic E-state index is 14.5. The summed E-state index contributed by atoms with van der Waals surface area (Å²) in [4.78, 5) is 2.59. The van der Waals surface area contributed by atoms with Crippen LogP contribution in [0.3, 0.4) is 0 Å². The van der Waals surface area contributed by atoms with Crippen molar-refractivity contribution in [2.75, 3.05) is 26.3 Å². The molecule has 4 aromatic rings. The molecule has 38 heavy (non-hydrogen) atoms. The molecule has 1 atom stereocenters. The van der Waals surface area contributed by atoms with Gasteiger partial charge in [0, 0.05) is 47.8 Å². The van der Waals surface area contributed by atoms with Crippen LogP contribution in [-0.2, 0) is 5.92 Å². The summed E-state index contributed by atoms with van der Waals surface area (Å²) in [7, 11) is 0. The SMILES string of the molecule is CC(F)(F)c1cc(F)ccc1-c1sc2cc(O)ccc2c1Oc1ccc(O[C@H]2CCN(CCCF)C2)cc1. The van der Waals surface area contributed by atoms with Gasteiger partial charge in [0.25, 0.3) is 5.92 Å². The first kappa shape index (κ1) is 26.3. The second-order valence-electron chi connectivity index (χ2n) is 9.46. The van der Waals surface area contributed by atoms with Crippen molar-refractivity contribution < 1.29 is 32.1 Å². The van der Waals surface area contributed by atoms with Crippen molar-refractivity contribution in [1.29, 1.82) is 0 Å². The number of ether oxygens (including phenoxy) is 2. The zero-order chi connectivity index (χ0) is 26.9. The van der Waals surface area contributed by atoms with Gasteiger partial charge in [0.05, 0.1) is 11.6 Å². The van der Waals surface area contributed by atoms with E-state index in [4.69, 9.17) is 9.47 Å². The molecule has 0 amide bonds. The molecule has 1 N–H and O–H groups in total. The topological polar surface area (TPSA) is 41.9 Å². The Morgan fingerprint density at radius 3 is 2.55 bits per heavy atom. The minimum Gasteiger partial charge on any atom is -0.508 e. The standard InChI is InChI=1S/C29H27F4NO3S/c1-29(32,33)25-15-18(31)3-9-23(25)28-27(24-10-4-19(35)16-26(24)38-28)37-21-7-5-20(6-8-21)36-22-11-14-34(17-22)13-2-12-30/h3-10,15-16,22,35H,2,11-14,17H2,1H3/t22-/m0/s1. The number of alkyl halides is 3. The van der Waals surface area contributed by atoms with E-state index < -0.39 is 17.3 Å². The van der Waals surface area contributed by atoms with Crippen molar-refractivity contribution in [2.24, 2.45) is 0 Å². The van der Waals surface area contributed by atoms with Crippen LogP contribution in [0.15, 0.2) is 60.7 Å². The van der Waals surface area contributed by atoms with Crippen LogP contribution in [0.25, 0.3) is 20.5 Å². The number of aromatic hydroxyl groups is 1. The lowest BCUT2D eigenvalue weighted by Gasteiger charge is -2.17. The van der Waals surface area contributed by atoms with Gasteiger partial charge in [0.15, 0.2) is 5.75 Å². The van der Waals surface area contributed by atoms with Gasteiger partial charge in [-0.2, -0.15) is 0 Å². The number of benzene rings is 3. The van der Waals surface area contributed by atoms with E-state index in [2.05, 4.69) is 4.90 Å². The normalized spacial score (nSPS) is 16.3. The van der Waals surface area contributed by atoms with Crippen molar-refractivity contribution >= 4 is 21.4 Å². The highest BCUT2D eigenvalue weighted by atomic mass is 32.1. The Hall–Kier alpha value is -3.30. The van der Waals surface area contributed by atoms with E-state index >= 15 is 0 Å².